The highest BCUT2D eigenvalue weighted by molar-refractivity contribution is 7.86. The topological polar surface area (TPSA) is 169 Å². The van der Waals surface area contributed by atoms with Crippen molar-refractivity contribution in [3.63, 3.8) is 0 Å². The first-order valence-corrected chi connectivity index (χ1v) is 24.0. The molecular weight excluding hydrogens is 809 g/mol. The highest BCUT2D eigenvalue weighted by atomic mass is 32.2. The minimum Gasteiger partial charge on any atom is -0.341 e. The van der Waals surface area contributed by atoms with E-state index in [1.54, 1.807) is 18.2 Å². The summed E-state index contributed by atoms with van der Waals surface area (Å²) in [6.07, 6.45) is 9.15. The van der Waals surface area contributed by atoms with Crippen LogP contribution < -0.4 is 4.90 Å². The van der Waals surface area contributed by atoms with Gasteiger partial charge in [0, 0.05) is 53.2 Å². The molecule has 0 fully saturated rings. The minimum absolute atomic E-state index is 0.249. The number of hydrogen-bond acceptors (Lipinski definition) is 7. The molecule has 0 amide bonds. The first kappa shape index (κ1) is 45.4. The van der Waals surface area contributed by atoms with Gasteiger partial charge >= 0.3 is 0 Å². The molecule has 0 saturated heterocycles. The Balaban J connectivity index is 1.64. The lowest BCUT2D eigenvalue weighted by molar-refractivity contribution is -0.440. The number of anilines is 2. The van der Waals surface area contributed by atoms with E-state index in [-0.39, 0.29) is 29.2 Å². The first-order valence-electron chi connectivity index (χ1n) is 19.4. The summed E-state index contributed by atoms with van der Waals surface area (Å²) in [7, 11) is -12.9. The van der Waals surface area contributed by atoms with Gasteiger partial charge in [0.25, 0.3) is 30.4 Å². The normalized spacial score (nSPS) is 13.2. The fourth-order valence-corrected chi connectivity index (χ4v) is 9.87. The van der Waals surface area contributed by atoms with Gasteiger partial charge in [-0.1, -0.05) is 53.6 Å². The number of hydrogen-bond donors (Lipinski definition) is 3. The molecule has 4 aromatic rings. The standard InChI is InChI=1S/C45H52N2O9S3/c1-31-27-33(3)44(34(4)28-31)46(23-9-11-25-57(48,49)50)39-19-15-37(16-20-39)43(41-13-7-8-14-42(41)59(54,55)56)38-17-21-40(22-18-38)47(24-10-12-26-58(51,52)53)45-35(5)29-32(2)30-36(45)6/h7-8,13-22,27-30H,9-12,23-26H2,1-6H3,(H2-,48,49,50,51,52,53,54,55,56)/p+1. The molecule has 59 heavy (non-hydrogen) atoms. The van der Waals surface area contributed by atoms with Gasteiger partial charge in [-0.15, -0.1) is 0 Å². The molecule has 0 unspecified atom stereocenters. The summed E-state index contributed by atoms with van der Waals surface area (Å²) in [4.78, 5) is 1.87. The van der Waals surface area contributed by atoms with Gasteiger partial charge in [-0.25, -0.2) is 0 Å². The van der Waals surface area contributed by atoms with Gasteiger partial charge in [0.1, 0.15) is 11.4 Å². The maximum atomic E-state index is 12.8. The van der Waals surface area contributed by atoms with Crippen molar-refractivity contribution in [1.82, 2.24) is 0 Å². The summed E-state index contributed by atoms with van der Waals surface area (Å²) in [6, 6.07) is 22.3. The number of nitrogens with zero attached hydrogens (tertiary/aromatic N) is 2. The SMILES string of the molecule is Cc1cc(C)c(N(CCCCS(=O)(=O)O)c2ccc(C(=C3C=CC(=[N+](CCCCS(=O)(=O)O)c4c(C)cc(C)cc4C)C=C3)c3ccccc3S(=O)(=O)O)cc2)c(C)c1. The Morgan fingerprint density at radius 2 is 1.12 bits per heavy atom. The predicted octanol–water partition coefficient (Wildman–Crippen LogP) is 8.97. The molecule has 0 heterocycles. The summed E-state index contributed by atoms with van der Waals surface area (Å²) in [5, 5.41) is 0. The first-order chi connectivity index (χ1) is 27.6. The van der Waals surface area contributed by atoms with Crippen LogP contribution in [-0.4, -0.2) is 73.8 Å². The number of rotatable bonds is 16. The van der Waals surface area contributed by atoms with Crippen molar-refractivity contribution in [1.29, 1.82) is 0 Å². The van der Waals surface area contributed by atoms with Crippen molar-refractivity contribution >= 4 is 58.7 Å². The highest BCUT2D eigenvalue weighted by Gasteiger charge is 2.25. The lowest BCUT2D eigenvalue weighted by atomic mass is 9.90. The lowest BCUT2D eigenvalue weighted by Gasteiger charge is -2.29. The zero-order valence-electron chi connectivity index (χ0n) is 34.3. The van der Waals surface area contributed by atoms with Crippen LogP contribution in [0.25, 0.3) is 5.57 Å². The molecule has 11 nitrogen and oxygen atoms in total. The van der Waals surface area contributed by atoms with Crippen molar-refractivity contribution in [2.24, 2.45) is 0 Å². The summed E-state index contributed by atoms with van der Waals surface area (Å²) < 4.78 is 103. The molecule has 0 radical (unpaired) electrons. The Morgan fingerprint density at radius 3 is 1.64 bits per heavy atom. The lowest BCUT2D eigenvalue weighted by Crippen LogP contribution is -2.21. The molecular formula is C45H53N2O9S3+. The quantitative estimate of drug-likeness (QED) is 0.0562. The van der Waals surface area contributed by atoms with Crippen LogP contribution in [0.5, 0.6) is 0 Å². The molecule has 0 saturated carbocycles. The van der Waals surface area contributed by atoms with E-state index in [0.29, 0.717) is 48.2 Å². The Kier molecular flexibility index (Phi) is 14.4. The van der Waals surface area contributed by atoms with Gasteiger partial charge in [-0.2, -0.15) is 29.8 Å². The molecule has 3 N–H and O–H groups in total. The molecule has 5 rings (SSSR count). The third-order valence-corrected chi connectivity index (χ3v) is 12.8. The fourth-order valence-electron chi connectivity index (χ4n) is 8.04. The Hall–Kier alpha value is -4.70. The molecule has 1 aliphatic rings. The van der Waals surface area contributed by atoms with E-state index in [1.807, 2.05) is 90.1 Å². The second-order valence-corrected chi connectivity index (χ2v) is 19.8. The van der Waals surface area contributed by atoms with Gasteiger partial charge in [0.15, 0.2) is 0 Å². The van der Waals surface area contributed by atoms with E-state index in [1.165, 1.54) is 6.07 Å². The molecule has 14 heteroatoms. The van der Waals surface area contributed by atoms with Crippen LogP contribution in [0.1, 0.15) is 70.2 Å². The maximum Gasteiger partial charge on any atom is 0.295 e. The average molecular weight is 862 g/mol. The Morgan fingerprint density at radius 1 is 0.610 bits per heavy atom. The second kappa shape index (κ2) is 18.7. The van der Waals surface area contributed by atoms with Crippen molar-refractivity contribution in [2.45, 2.75) is 72.1 Å². The molecule has 0 aliphatic heterocycles. The van der Waals surface area contributed by atoms with Gasteiger partial charge in [-0.3, -0.25) is 13.7 Å². The summed E-state index contributed by atoms with van der Waals surface area (Å²) in [6.45, 7) is 13.1. The van der Waals surface area contributed by atoms with E-state index >= 15 is 0 Å². The van der Waals surface area contributed by atoms with Crippen LogP contribution in [0.4, 0.5) is 17.1 Å². The van der Waals surface area contributed by atoms with Crippen molar-refractivity contribution in [3.05, 3.63) is 147 Å². The van der Waals surface area contributed by atoms with Crippen LogP contribution >= 0.6 is 0 Å². The molecule has 0 bridgehead atoms. The second-order valence-electron chi connectivity index (χ2n) is 15.2. The monoisotopic (exact) mass is 861 g/mol. The molecule has 1 aliphatic carbocycles. The molecule has 0 atom stereocenters. The average Bonchev–Trinajstić information content (AvgIpc) is 3.12. The van der Waals surface area contributed by atoms with Crippen LogP contribution in [-0.2, 0) is 30.4 Å². The van der Waals surface area contributed by atoms with Crippen molar-refractivity contribution in [2.75, 3.05) is 29.5 Å². The largest absolute Gasteiger partial charge is 0.341 e. The third-order valence-electron chi connectivity index (χ3n) is 10.2. The van der Waals surface area contributed by atoms with Crippen LogP contribution in [0.15, 0.2) is 108 Å². The van der Waals surface area contributed by atoms with E-state index in [4.69, 9.17) is 0 Å². The molecule has 314 valence electrons. The highest BCUT2D eigenvalue weighted by Crippen LogP contribution is 2.38. The van der Waals surface area contributed by atoms with Gasteiger partial charge in [-0.05, 0) is 131 Å². The van der Waals surface area contributed by atoms with Crippen LogP contribution in [0.3, 0.4) is 0 Å². The number of unbranched alkanes of at least 4 members (excludes halogenated alkanes) is 2. The Labute approximate surface area is 349 Å². The van der Waals surface area contributed by atoms with Crippen LogP contribution in [0, 0.1) is 41.5 Å². The fraction of sp³-hybridized carbons (Fsp3) is 0.311. The maximum absolute atomic E-state index is 12.8. The third kappa shape index (κ3) is 12.0. The molecule has 4 aromatic carbocycles. The van der Waals surface area contributed by atoms with Gasteiger partial charge < -0.3 is 4.90 Å². The van der Waals surface area contributed by atoms with E-state index < -0.39 is 30.4 Å². The van der Waals surface area contributed by atoms with Crippen molar-refractivity contribution in [3.8, 4) is 0 Å². The summed E-state index contributed by atoms with van der Waals surface area (Å²) >= 11 is 0. The van der Waals surface area contributed by atoms with Gasteiger partial charge in [0.2, 0.25) is 11.4 Å². The van der Waals surface area contributed by atoms with Crippen LogP contribution in [0.2, 0.25) is 0 Å². The number of benzene rings is 4. The van der Waals surface area contributed by atoms with E-state index in [2.05, 4.69) is 33.7 Å². The minimum atomic E-state index is -4.64. The molecule has 0 aromatic heterocycles. The van der Waals surface area contributed by atoms with Gasteiger partial charge in [0.05, 0.1) is 11.5 Å². The van der Waals surface area contributed by atoms with E-state index in [9.17, 15) is 38.9 Å². The number of allylic oxidation sites excluding steroid dienone is 5. The predicted molar refractivity (Wildman–Crippen MR) is 236 cm³/mol. The van der Waals surface area contributed by atoms with Crippen molar-refractivity contribution < 1.29 is 43.5 Å². The summed E-state index contributed by atoms with van der Waals surface area (Å²) in [5.41, 5.74) is 12.2. The summed E-state index contributed by atoms with van der Waals surface area (Å²) in [5.74, 6) is -0.683. The zero-order valence-corrected chi connectivity index (χ0v) is 36.8. The zero-order chi connectivity index (χ0) is 43.3. The van der Waals surface area contributed by atoms with E-state index in [0.717, 1.165) is 56.2 Å². The number of aryl methyl sites for hydroxylation is 6. The molecule has 0 spiro atoms. The smallest absolute Gasteiger partial charge is 0.295 e. The Bertz CT molecular complexity index is 2630.